The first kappa shape index (κ1) is 18.5. The molecule has 0 saturated heterocycles. The summed E-state index contributed by atoms with van der Waals surface area (Å²) in [6, 6.07) is 20.8. The lowest BCUT2D eigenvalue weighted by Crippen LogP contribution is -2.01. The first-order chi connectivity index (χ1) is 14.6. The summed E-state index contributed by atoms with van der Waals surface area (Å²) in [6.07, 6.45) is 1.88. The molecule has 0 unspecified atom stereocenters. The van der Waals surface area contributed by atoms with E-state index < -0.39 is 0 Å². The van der Waals surface area contributed by atoms with Crippen molar-refractivity contribution in [3.05, 3.63) is 83.0 Å². The Morgan fingerprint density at radius 3 is 2.63 bits per heavy atom. The van der Waals surface area contributed by atoms with Gasteiger partial charge in [0.2, 0.25) is 0 Å². The molecule has 0 N–H and O–H groups in total. The van der Waals surface area contributed by atoms with E-state index in [2.05, 4.69) is 51.2 Å². The van der Waals surface area contributed by atoms with Crippen molar-refractivity contribution < 1.29 is 9.53 Å². The number of aromatic nitrogens is 3. The van der Waals surface area contributed by atoms with E-state index in [9.17, 15) is 4.79 Å². The van der Waals surface area contributed by atoms with Crippen LogP contribution in [-0.2, 0) is 11.3 Å². The number of nitrogens with zero attached hydrogens (tertiary/aromatic N) is 3. The van der Waals surface area contributed by atoms with Crippen molar-refractivity contribution in [2.75, 3.05) is 7.11 Å². The standard InChI is InChI=1S/C24H19N3O2S/c1-15-25-26-23(30-15)19-9-10-20-21(24(28)29-2)14-27(22(20)12-19)13-16-7-8-17-5-3-4-6-18(17)11-16/h3-12,14H,13H2,1-2H3. The van der Waals surface area contributed by atoms with Gasteiger partial charge in [0, 0.05) is 29.2 Å². The summed E-state index contributed by atoms with van der Waals surface area (Å²) in [5, 5.41) is 13.5. The molecule has 0 radical (unpaired) electrons. The minimum atomic E-state index is -0.336. The number of hydrogen-bond donors (Lipinski definition) is 0. The van der Waals surface area contributed by atoms with Gasteiger partial charge >= 0.3 is 5.97 Å². The van der Waals surface area contributed by atoms with Crippen molar-refractivity contribution in [3.63, 3.8) is 0 Å². The second-order valence-corrected chi connectivity index (χ2v) is 8.38. The van der Waals surface area contributed by atoms with E-state index in [0.29, 0.717) is 12.1 Å². The zero-order chi connectivity index (χ0) is 20.7. The Morgan fingerprint density at radius 2 is 1.87 bits per heavy atom. The van der Waals surface area contributed by atoms with Gasteiger partial charge in [0.1, 0.15) is 10.0 Å². The maximum absolute atomic E-state index is 12.4. The summed E-state index contributed by atoms with van der Waals surface area (Å²) in [4.78, 5) is 12.4. The van der Waals surface area contributed by atoms with Crippen molar-refractivity contribution in [1.29, 1.82) is 0 Å². The first-order valence-electron chi connectivity index (χ1n) is 9.62. The summed E-state index contributed by atoms with van der Waals surface area (Å²) < 4.78 is 7.11. The number of aryl methyl sites for hydroxylation is 1. The molecule has 148 valence electrons. The van der Waals surface area contributed by atoms with Crippen LogP contribution >= 0.6 is 11.3 Å². The third-order valence-corrected chi connectivity index (χ3v) is 6.12. The molecule has 0 bridgehead atoms. The van der Waals surface area contributed by atoms with Crippen LogP contribution in [0.4, 0.5) is 0 Å². The Labute approximate surface area is 177 Å². The molecule has 5 aromatic rings. The molecule has 5 nitrogen and oxygen atoms in total. The average molecular weight is 414 g/mol. The van der Waals surface area contributed by atoms with Crippen molar-refractivity contribution >= 4 is 39.0 Å². The number of fused-ring (bicyclic) bond motifs is 2. The fourth-order valence-corrected chi connectivity index (χ4v) is 4.46. The normalized spacial score (nSPS) is 11.3. The highest BCUT2D eigenvalue weighted by Gasteiger charge is 2.17. The SMILES string of the molecule is COC(=O)c1cn(Cc2ccc3ccccc3c2)c2cc(-c3nnc(C)s3)ccc12. The number of ether oxygens (including phenoxy) is 1. The monoisotopic (exact) mass is 413 g/mol. The molecular formula is C24H19N3O2S. The van der Waals surface area contributed by atoms with E-state index in [1.165, 1.54) is 23.4 Å². The van der Waals surface area contributed by atoms with E-state index in [1.807, 2.05) is 37.4 Å². The Bertz CT molecular complexity index is 1400. The highest BCUT2D eigenvalue weighted by molar-refractivity contribution is 7.14. The first-order valence-corrected chi connectivity index (χ1v) is 10.4. The largest absolute Gasteiger partial charge is 0.465 e. The van der Waals surface area contributed by atoms with Crippen molar-refractivity contribution in [1.82, 2.24) is 14.8 Å². The molecule has 30 heavy (non-hydrogen) atoms. The molecule has 0 aliphatic rings. The number of hydrogen-bond acceptors (Lipinski definition) is 5. The molecule has 2 aromatic heterocycles. The number of esters is 1. The van der Waals surface area contributed by atoms with Crippen LogP contribution in [0.3, 0.4) is 0 Å². The molecule has 3 aromatic carbocycles. The third kappa shape index (κ3) is 3.25. The van der Waals surface area contributed by atoms with Crippen LogP contribution in [0, 0.1) is 6.92 Å². The van der Waals surface area contributed by atoms with Crippen LogP contribution in [0.1, 0.15) is 20.9 Å². The minimum absolute atomic E-state index is 0.336. The molecule has 0 amide bonds. The fraction of sp³-hybridized carbons (Fsp3) is 0.125. The summed E-state index contributed by atoms with van der Waals surface area (Å²) in [5.41, 5.74) is 3.68. The van der Waals surface area contributed by atoms with Gasteiger partial charge < -0.3 is 9.30 Å². The van der Waals surface area contributed by atoms with Crippen molar-refractivity contribution in [2.45, 2.75) is 13.5 Å². The van der Waals surface area contributed by atoms with Crippen LogP contribution in [0.5, 0.6) is 0 Å². The van der Waals surface area contributed by atoms with Crippen LogP contribution in [-0.4, -0.2) is 27.8 Å². The second-order valence-electron chi connectivity index (χ2n) is 7.20. The Morgan fingerprint density at radius 1 is 1.03 bits per heavy atom. The molecule has 0 fully saturated rings. The predicted molar refractivity (Wildman–Crippen MR) is 120 cm³/mol. The van der Waals surface area contributed by atoms with Crippen molar-refractivity contribution in [2.24, 2.45) is 0 Å². The minimum Gasteiger partial charge on any atom is -0.465 e. The average Bonchev–Trinajstić information content (AvgIpc) is 3.36. The van der Waals surface area contributed by atoms with E-state index >= 15 is 0 Å². The summed E-state index contributed by atoms with van der Waals surface area (Å²) in [7, 11) is 1.41. The smallest absolute Gasteiger partial charge is 0.340 e. The third-order valence-electron chi connectivity index (χ3n) is 5.23. The van der Waals surface area contributed by atoms with Gasteiger partial charge in [0.25, 0.3) is 0 Å². The topological polar surface area (TPSA) is 57.0 Å². The zero-order valence-corrected chi connectivity index (χ0v) is 17.4. The Balaban J connectivity index is 1.63. The number of methoxy groups -OCH3 is 1. The molecule has 2 heterocycles. The van der Waals surface area contributed by atoms with E-state index in [1.54, 1.807) is 11.3 Å². The lowest BCUT2D eigenvalue weighted by molar-refractivity contribution is 0.0602. The highest BCUT2D eigenvalue weighted by Crippen LogP contribution is 2.30. The van der Waals surface area contributed by atoms with Gasteiger partial charge in [0.05, 0.1) is 12.7 Å². The highest BCUT2D eigenvalue weighted by atomic mass is 32.1. The lowest BCUT2D eigenvalue weighted by Gasteiger charge is -2.08. The summed E-state index contributed by atoms with van der Waals surface area (Å²) in [5.74, 6) is -0.336. The molecule has 6 heteroatoms. The molecule has 0 aliphatic carbocycles. The van der Waals surface area contributed by atoms with Gasteiger partial charge in [0.15, 0.2) is 0 Å². The van der Waals surface area contributed by atoms with Crippen LogP contribution < -0.4 is 0 Å². The van der Waals surface area contributed by atoms with Crippen LogP contribution in [0.25, 0.3) is 32.2 Å². The molecule has 0 atom stereocenters. The van der Waals surface area contributed by atoms with E-state index in [4.69, 9.17) is 4.74 Å². The molecule has 0 aliphatic heterocycles. The maximum atomic E-state index is 12.4. The van der Waals surface area contributed by atoms with Gasteiger partial charge in [-0.2, -0.15) is 0 Å². The van der Waals surface area contributed by atoms with Gasteiger partial charge in [-0.25, -0.2) is 4.79 Å². The molecule has 0 saturated carbocycles. The number of carbonyl (C=O) groups excluding carboxylic acids is 1. The Hall–Kier alpha value is -3.51. The van der Waals surface area contributed by atoms with Crippen LogP contribution in [0.15, 0.2) is 66.9 Å². The molecule has 0 spiro atoms. The second kappa shape index (κ2) is 7.39. The quantitative estimate of drug-likeness (QED) is 0.367. The predicted octanol–water partition coefficient (Wildman–Crippen LogP) is 5.46. The maximum Gasteiger partial charge on any atom is 0.340 e. The number of benzene rings is 3. The number of carbonyl (C=O) groups is 1. The fourth-order valence-electron chi connectivity index (χ4n) is 3.78. The summed E-state index contributed by atoms with van der Waals surface area (Å²) >= 11 is 1.56. The Kier molecular flexibility index (Phi) is 4.56. The zero-order valence-electron chi connectivity index (χ0n) is 16.6. The lowest BCUT2D eigenvalue weighted by atomic mass is 10.1. The van der Waals surface area contributed by atoms with Gasteiger partial charge in [-0.3, -0.25) is 0 Å². The van der Waals surface area contributed by atoms with Gasteiger partial charge in [-0.1, -0.05) is 59.9 Å². The number of rotatable bonds is 4. The van der Waals surface area contributed by atoms with E-state index in [0.717, 1.165) is 26.5 Å². The van der Waals surface area contributed by atoms with Crippen molar-refractivity contribution in [3.8, 4) is 10.6 Å². The van der Waals surface area contributed by atoms with Gasteiger partial charge in [-0.05, 0) is 35.4 Å². The molecular weight excluding hydrogens is 394 g/mol. The summed E-state index contributed by atoms with van der Waals surface area (Å²) in [6.45, 7) is 2.59. The molecule has 5 rings (SSSR count). The van der Waals surface area contributed by atoms with Crippen LogP contribution in [0.2, 0.25) is 0 Å². The van der Waals surface area contributed by atoms with E-state index in [-0.39, 0.29) is 5.97 Å². The van der Waals surface area contributed by atoms with Gasteiger partial charge in [-0.15, -0.1) is 10.2 Å².